The molecule has 0 aliphatic carbocycles. The summed E-state index contributed by atoms with van der Waals surface area (Å²) in [6.07, 6.45) is 0.831. The van der Waals surface area contributed by atoms with Crippen LogP contribution in [0.25, 0.3) is 0 Å². The van der Waals surface area contributed by atoms with Crippen LogP contribution in [0.1, 0.15) is 18.9 Å². The molecule has 1 aromatic carbocycles. The topological polar surface area (TPSA) is 53.3 Å². The molecule has 0 fully saturated rings. The number of nitrogens with zero attached hydrogens (tertiary/aromatic N) is 2. The number of carbonyl (C=O) groups is 1. The number of hydrogen-bond donors (Lipinski definition) is 0. The van der Waals surface area contributed by atoms with E-state index in [4.69, 9.17) is 10.00 Å². The third-order valence-corrected chi connectivity index (χ3v) is 2.78. The van der Waals surface area contributed by atoms with Crippen LogP contribution >= 0.6 is 0 Å². The molecule has 18 heavy (non-hydrogen) atoms. The Kier molecular flexibility index (Phi) is 5.19. The molecular weight excluding hydrogens is 228 g/mol. The smallest absolute Gasteiger partial charge is 0.166 e. The summed E-state index contributed by atoms with van der Waals surface area (Å²) < 4.78 is 5.26. The number of anilines is 1. The monoisotopic (exact) mass is 246 g/mol. The lowest BCUT2D eigenvalue weighted by molar-refractivity contribution is -0.116. The van der Waals surface area contributed by atoms with E-state index in [9.17, 15) is 4.79 Å². The lowest BCUT2D eigenvalue weighted by Crippen LogP contribution is -2.25. The maximum absolute atomic E-state index is 11.4. The molecule has 0 aliphatic heterocycles. The molecule has 1 aromatic rings. The second-order valence-corrected chi connectivity index (χ2v) is 4.08. The molecular formula is C14H18N2O2. The summed E-state index contributed by atoms with van der Waals surface area (Å²) in [6, 6.07) is 7.70. The van der Waals surface area contributed by atoms with Crippen LogP contribution in [0.5, 0.6) is 5.75 Å². The summed E-state index contributed by atoms with van der Waals surface area (Å²) in [5, 5.41) is 8.46. The highest BCUT2D eigenvalue weighted by atomic mass is 16.5. The van der Waals surface area contributed by atoms with Gasteiger partial charge in [0, 0.05) is 12.7 Å². The maximum Gasteiger partial charge on any atom is 0.166 e. The third-order valence-electron chi connectivity index (χ3n) is 2.78. The highest BCUT2D eigenvalue weighted by Gasteiger charge is 2.09. The molecule has 0 heterocycles. The average Bonchev–Trinajstić information content (AvgIpc) is 2.38. The first-order valence-corrected chi connectivity index (χ1v) is 5.89. The number of ether oxygens (including phenoxy) is 1. The average molecular weight is 246 g/mol. The molecule has 1 rings (SSSR count). The Morgan fingerprint density at radius 3 is 2.78 bits per heavy atom. The van der Waals surface area contributed by atoms with Crippen molar-refractivity contribution in [3.8, 4) is 11.8 Å². The first kappa shape index (κ1) is 14.0. The Morgan fingerprint density at radius 2 is 2.22 bits per heavy atom. The van der Waals surface area contributed by atoms with Crippen molar-refractivity contribution in [1.82, 2.24) is 0 Å². The second-order valence-electron chi connectivity index (χ2n) is 4.08. The predicted octanol–water partition coefficient (Wildman–Crippen LogP) is 2.18. The molecule has 0 N–H and O–H groups in total. The minimum absolute atomic E-state index is 0.0405. The number of nitriles is 1. The normalized spacial score (nSPS) is 9.67. The van der Waals surface area contributed by atoms with Crippen LogP contribution in [0, 0.1) is 11.3 Å². The first-order valence-electron chi connectivity index (χ1n) is 5.89. The zero-order valence-electron chi connectivity index (χ0n) is 11.1. The number of carbonyl (C=O) groups excluding carboxylic acids is 1. The number of methoxy groups -OCH3 is 1. The molecule has 0 bridgehead atoms. The van der Waals surface area contributed by atoms with Crippen molar-refractivity contribution in [2.75, 3.05) is 25.6 Å². The minimum Gasteiger partial charge on any atom is -0.496 e. The van der Waals surface area contributed by atoms with Gasteiger partial charge in [-0.2, -0.15) is 5.26 Å². The summed E-state index contributed by atoms with van der Waals surface area (Å²) in [5.41, 5.74) is 2.06. The Morgan fingerprint density at radius 1 is 1.50 bits per heavy atom. The van der Waals surface area contributed by atoms with Crippen LogP contribution in [0.15, 0.2) is 18.2 Å². The van der Waals surface area contributed by atoms with Crippen LogP contribution in [0.3, 0.4) is 0 Å². The van der Waals surface area contributed by atoms with Gasteiger partial charge in [0.25, 0.3) is 0 Å². The Labute approximate surface area is 108 Å². The van der Waals surface area contributed by atoms with Crippen molar-refractivity contribution in [3.63, 3.8) is 0 Å². The molecule has 0 spiro atoms. The molecule has 0 aromatic heterocycles. The lowest BCUT2D eigenvalue weighted by atomic mass is 10.1. The zero-order chi connectivity index (χ0) is 13.5. The van der Waals surface area contributed by atoms with Crippen LogP contribution in [-0.2, 0) is 11.2 Å². The fraction of sp³-hybridized carbons (Fsp3) is 0.429. The van der Waals surface area contributed by atoms with E-state index in [1.165, 1.54) is 0 Å². The van der Waals surface area contributed by atoms with E-state index in [-0.39, 0.29) is 18.7 Å². The summed E-state index contributed by atoms with van der Waals surface area (Å²) in [6.45, 7) is 2.31. The van der Waals surface area contributed by atoms with E-state index in [0.29, 0.717) is 0 Å². The molecule has 0 unspecified atom stereocenters. The molecule has 4 heteroatoms. The molecule has 0 atom stereocenters. The number of rotatable bonds is 6. The largest absolute Gasteiger partial charge is 0.496 e. The summed E-state index contributed by atoms with van der Waals surface area (Å²) in [7, 11) is 3.49. The van der Waals surface area contributed by atoms with Crippen LogP contribution < -0.4 is 9.64 Å². The van der Waals surface area contributed by atoms with Crippen molar-refractivity contribution in [2.45, 2.75) is 19.8 Å². The number of benzene rings is 1. The zero-order valence-corrected chi connectivity index (χ0v) is 11.1. The van der Waals surface area contributed by atoms with Gasteiger partial charge >= 0.3 is 0 Å². The van der Waals surface area contributed by atoms with E-state index in [0.717, 1.165) is 23.4 Å². The highest BCUT2D eigenvalue weighted by Crippen LogP contribution is 2.24. The van der Waals surface area contributed by atoms with Crippen molar-refractivity contribution >= 4 is 11.5 Å². The number of likely N-dealkylation sites (N-methyl/N-ethyl adjacent to an activating group) is 1. The predicted molar refractivity (Wildman–Crippen MR) is 70.9 cm³/mol. The van der Waals surface area contributed by atoms with Crippen molar-refractivity contribution in [3.05, 3.63) is 23.8 Å². The first-order chi connectivity index (χ1) is 8.62. The minimum atomic E-state index is -0.0751. The lowest BCUT2D eigenvalue weighted by Gasteiger charge is -2.19. The van der Waals surface area contributed by atoms with Gasteiger partial charge in [-0.1, -0.05) is 6.92 Å². The van der Waals surface area contributed by atoms with Gasteiger partial charge in [-0.3, -0.25) is 4.79 Å². The van der Waals surface area contributed by atoms with E-state index < -0.39 is 0 Å². The summed E-state index contributed by atoms with van der Waals surface area (Å²) in [4.78, 5) is 13.3. The van der Waals surface area contributed by atoms with E-state index in [1.54, 1.807) is 7.11 Å². The van der Waals surface area contributed by atoms with Gasteiger partial charge in [0.15, 0.2) is 5.78 Å². The van der Waals surface area contributed by atoms with Crippen LogP contribution in [0.4, 0.5) is 5.69 Å². The molecule has 0 aliphatic rings. The molecule has 0 saturated carbocycles. The van der Waals surface area contributed by atoms with Gasteiger partial charge in [0.2, 0.25) is 0 Å². The number of hydrogen-bond acceptors (Lipinski definition) is 4. The van der Waals surface area contributed by atoms with Crippen molar-refractivity contribution in [2.24, 2.45) is 0 Å². The number of Topliss-reactive ketones (excluding diaryl/α,β-unsaturated/α-hetero) is 1. The number of ketones is 1. The Balaban J connectivity index is 2.83. The van der Waals surface area contributed by atoms with Crippen molar-refractivity contribution in [1.29, 1.82) is 5.26 Å². The van der Waals surface area contributed by atoms with E-state index in [2.05, 4.69) is 6.92 Å². The van der Waals surface area contributed by atoms with Crippen molar-refractivity contribution < 1.29 is 9.53 Å². The molecule has 0 radical (unpaired) electrons. The summed E-state index contributed by atoms with van der Waals surface area (Å²) in [5.74, 6) is 0.784. The second kappa shape index (κ2) is 6.65. The SMILES string of the molecule is CCc1cc(N(C)CC(=O)CC#N)ccc1OC. The van der Waals surface area contributed by atoms with Gasteiger partial charge < -0.3 is 9.64 Å². The fourth-order valence-corrected chi connectivity index (χ4v) is 1.78. The molecule has 0 saturated heterocycles. The van der Waals surface area contributed by atoms with Crippen LogP contribution in [0.2, 0.25) is 0 Å². The van der Waals surface area contributed by atoms with E-state index in [1.807, 2.05) is 36.2 Å². The van der Waals surface area contributed by atoms with Gasteiger partial charge in [-0.25, -0.2) is 0 Å². The quantitative estimate of drug-likeness (QED) is 0.772. The van der Waals surface area contributed by atoms with Gasteiger partial charge in [0.05, 0.1) is 26.1 Å². The fourth-order valence-electron chi connectivity index (χ4n) is 1.78. The molecule has 4 nitrogen and oxygen atoms in total. The standard InChI is InChI=1S/C14H18N2O2/c1-4-11-9-12(5-6-14(11)18-3)16(2)10-13(17)7-8-15/h5-6,9H,4,7,10H2,1-3H3. The highest BCUT2D eigenvalue weighted by molar-refractivity contribution is 5.85. The van der Waals surface area contributed by atoms with Gasteiger partial charge in [-0.15, -0.1) is 0 Å². The molecule has 96 valence electrons. The Hall–Kier alpha value is -2.02. The van der Waals surface area contributed by atoms with Gasteiger partial charge in [0.1, 0.15) is 5.75 Å². The third kappa shape index (κ3) is 3.49. The van der Waals surface area contributed by atoms with Gasteiger partial charge in [-0.05, 0) is 30.2 Å². The number of aryl methyl sites for hydroxylation is 1. The molecule has 0 amide bonds. The summed E-state index contributed by atoms with van der Waals surface area (Å²) >= 11 is 0. The van der Waals surface area contributed by atoms with Crippen LogP contribution in [-0.4, -0.2) is 26.5 Å². The maximum atomic E-state index is 11.4. The van der Waals surface area contributed by atoms with E-state index >= 15 is 0 Å². The Bertz CT molecular complexity index is 463.